The predicted molar refractivity (Wildman–Crippen MR) is 69.4 cm³/mol. The molecule has 2 aromatic carbocycles. The molecule has 2 rings (SSSR count). The van der Waals surface area contributed by atoms with Crippen LogP contribution in [0, 0.1) is 0 Å². The quantitative estimate of drug-likeness (QED) is 0.686. The molecule has 3 heteroatoms. The predicted octanol–water partition coefficient (Wildman–Crippen LogP) is 3.78. The second-order valence-corrected chi connectivity index (χ2v) is 3.86. The first-order valence-corrected chi connectivity index (χ1v) is 5.86. The maximum atomic E-state index is 10.8. The molecule has 0 saturated carbocycles. The molecule has 0 amide bonds. The Labute approximate surface area is 119 Å². The molecule has 0 saturated heterocycles. The van der Waals surface area contributed by atoms with Gasteiger partial charge in [0.2, 0.25) is 0 Å². The van der Waals surface area contributed by atoms with Gasteiger partial charge in [-0.25, -0.2) is 24.3 Å². The van der Waals surface area contributed by atoms with Gasteiger partial charge in [-0.15, -0.1) is 5.56 Å². The monoisotopic (exact) mass is 286 g/mol. The molecule has 0 aliphatic carbocycles. The zero-order valence-corrected chi connectivity index (χ0v) is 11.5. The van der Waals surface area contributed by atoms with Crippen molar-refractivity contribution in [3.63, 3.8) is 0 Å². The third-order valence-corrected chi connectivity index (χ3v) is 2.52. The number of hydrogen-bond donors (Lipinski definition) is 1. The van der Waals surface area contributed by atoms with E-state index in [1.54, 1.807) is 0 Å². The van der Waals surface area contributed by atoms with Crippen molar-refractivity contribution < 1.29 is 27.0 Å². The van der Waals surface area contributed by atoms with Gasteiger partial charge in [-0.2, -0.15) is 30.3 Å². The molecule has 0 aliphatic rings. The average molecular weight is 286 g/mol. The number of aliphatic carboxylic acids is 1. The first-order valence-electron chi connectivity index (χ1n) is 5.86. The summed E-state index contributed by atoms with van der Waals surface area (Å²) in [5.41, 5.74) is 0.921. The van der Waals surface area contributed by atoms with Gasteiger partial charge in [-0.3, -0.25) is 4.79 Å². The minimum absolute atomic E-state index is 0. The SMILES string of the molecule is CCCC(C(=O)O)[c-]1cccc1.[Fe+2].c1cc[cH-]c1. The fraction of sp³-hybridized carbons (Fsp3) is 0.267. The van der Waals surface area contributed by atoms with Crippen molar-refractivity contribution in [2.24, 2.45) is 0 Å². The van der Waals surface area contributed by atoms with E-state index in [9.17, 15) is 4.79 Å². The molecule has 0 fully saturated rings. The smallest absolute Gasteiger partial charge is 0.482 e. The minimum Gasteiger partial charge on any atom is -0.482 e. The standard InChI is InChI=1S/C10H13O2.C5H5.Fe/c1-2-5-9(10(11)12)8-6-3-4-7-8;1-2-4-5-3-1;/h3-4,6-7,9H,2,5H2,1H3,(H,11,12);1-5H;/q2*-1;+2. The number of rotatable bonds is 4. The molecule has 0 bridgehead atoms. The van der Waals surface area contributed by atoms with E-state index in [1.165, 1.54) is 0 Å². The number of carboxylic acid groups (broad SMARTS) is 1. The molecule has 0 spiro atoms. The van der Waals surface area contributed by atoms with Crippen LogP contribution in [0.5, 0.6) is 0 Å². The van der Waals surface area contributed by atoms with Crippen LogP contribution in [0.25, 0.3) is 0 Å². The van der Waals surface area contributed by atoms with E-state index < -0.39 is 5.97 Å². The Balaban J connectivity index is 0.000000405. The summed E-state index contributed by atoms with van der Waals surface area (Å²) >= 11 is 0. The molecular formula is C15H18FeO2. The van der Waals surface area contributed by atoms with Gasteiger partial charge < -0.3 is 5.11 Å². The van der Waals surface area contributed by atoms with Crippen LogP contribution in [0.3, 0.4) is 0 Å². The van der Waals surface area contributed by atoms with Gasteiger partial charge in [0.25, 0.3) is 5.97 Å². The summed E-state index contributed by atoms with van der Waals surface area (Å²) in [6.07, 6.45) is 1.63. The molecule has 1 unspecified atom stereocenters. The summed E-state index contributed by atoms with van der Waals surface area (Å²) in [5, 5.41) is 8.88. The molecule has 0 aromatic heterocycles. The molecule has 2 aromatic rings. The fourth-order valence-corrected chi connectivity index (χ4v) is 1.66. The van der Waals surface area contributed by atoms with E-state index in [4.69, 9.17) is 5.11 Å². The van der Waals surface area contributed by atoms with E-state index in [2.05, 4.69) is 0 Å². The van der Waals surface area contributed by atoms with E-state index in [-0.39, 0.29) is 23.0 Å². The second-order valence-electron chi connectivity index (χ2n) is 3.86. The Hall–Kier alpha value is -1.31. The van der Waals surface area contributed by atoms with Crippen LogP contribution < -0.4 is 0 Å². The van der Waals surface area contributed by atoms with Crippen molar-refractivity contribution in [1.29, 1.82) is 0 Å². The normalized spacial score (nSPS) is 10.7. The minimum atomic E-state index is -0.719. The van der Waals surface area contributed by atoms with Crippen molar-refractivity contribution in [2.75, 3.05) is 0 Å². The number of carboxylic acids is 1. The van der Waals surface area contributed by atoms with Gasteiger partial charge in [0, 0.05) is 5.92 Å². The van der Waals surface area contributed by atoms with Crippen LogP contribution in [0.1, 0.15) is 31.2 Å². The molecule has 0 radical (unpaired) electrons. The maximum Gasteiger partial charge on any atom is 2.00 e. The molecule has 18 heavy (non-hydrogen) atoms. The summed E-state index contributed by atoms with van der Waals surface area (Å²) in [7, 11) is 0. The first-order chi connectivity index (χ1) is 8.25. The van der Waals surface area contributed by atoms with E-state index in [0.29, 0.717) is 0 Å². The number of carbonyl (C=O) groups is 1. The Kier molecular flexibility index (Phi) is 8.99. The molecule has 0 aliphatic heterocycles. The van der Waals surface area contributed by atoms with Gasteiger partial charge >= 0.3 is 17.1 Å². The second kappa shape index (κ2) is 9.69. The van der Waals surface area contributed by atoms with Crippen molar-refractivity contribution in [3.8, 4) is 0 Å². The molecule has 1 N–H and O–H groups in total. The van der Waals surface area contributed by atoms with Gasteiger partial charge in [-0.1, -0.05) is 13.3 Å². The average Bonchev–Trinajstić information content (AvgIpc) is 3.00. The van der Waals surface area contributed by atoms with Crippen LogP contribution in [0.15, 0.2) is 54.6 Å². The van der Waals surface area contributed by atoms with Crippen molar-refractivity contribution in [2.45, 2.75) is 25.7 Å². The summed E-state index contributed by atoms with van der Waals surface area (Å²) < 4.78 is 0. The number of hydrogen-bond acceptors (Lipinski definition) is 1. The Morgan fingerprint density at radius 2 is 1.78 bits per heavy atom. The van der Waals surface area contributed by atoms with E-state index in [0.717, 1.165) is 18.4 Å². The van der Waals surface area contributed by atoms with Gasteiger partial charge in [0.05, 0.1) is 0 Å². The van der Waals surface area contributed by atoms with Crippen molar-refractivity contribution in [1.82, 2.24) is 0 Å². The maximum absolute atomic E-state index is 10.8. The van der Waals surface area contributed by atoms with Gasteiger partial charge in [0.1, 0.15) is 0 Å². The first kappa shape index (κ1) is 16.7. The largest absolute Gasteiger partial charge is 2.00 e. The van der Waals surface area contributed by atoms with Crippen LogP contribution >= 0.6 is 0 Å². The van der Waals surface area contributed by atoms with Crippen LogP contribution in [-0.2, 0) is 21.9 Å². The molecule has 2 nitrogen and oxygen atoms in total. The summed E-state index contributed by atoms with van der Waals surface area (Å²) in [6, 6.07) is 17.5. The van der Waals surface area contributed by atoms with Crippen LogP contribution in [-0.4, -0.2) is 11.1 Å². The molecule has 0 heterocycles. The summed E-state index contributed by atoms with van der Waals surface area (Å²) in [5.74, 6) is -1.03. The fourth-order valence-electron chi connectivity index (χ4n) is 1.66. The Bertz CT molecular complexity index is 373. The topological polar surface area (TPSA) is 37.3 Å². The van der Waals surface area contributed by atoms with Gasteiger partial charge in [-0.05, 0) is 6.42 Å². The van der Waals surface area contributed by atoms with Crippen molar-refractivity contribution >= 4 is 5.97 Å². The zero-order chi connectivity index (χ0) is 12.5. The van der Waals surface area contributed by atoms with Gasteiger partial charge in [0.15, 0.2) is 0 Å². The third-order valence-electron chi connectivity index (χ3n) is 2.52. The zero-order valence-electron chi connectivity index (χ0n) is 10.4. The molecule has 98 valence electrons. The van der Waals surface area contributed by atoms with Crippen LogP contribution in [0.4, 0.5) is 0 Å². The Morgan fingerprint density at radius 3 is 2.11 bits per heavy atom. The molecular weight excluding hydrogens is 268 g/mol. The van der Waals surface area contributed by atoms with Crippen molar-refractivity contribution in [3.05, 3.63) is 60.2 Å². The Morgan fingerprint density at radius 1 is 1.22 bits per heavy atom. The van der Waals surface area contributed by atoms with E-state index in [1.807, 2.05) is 61.5 Å². The van der Waals surface area contributed by atoms with E-state index >= 15 is 0 Å². The summed E-state index contributed by atoms with van der Waals surface area (Å²) in [4.78, 5) is 10.8. The third kappa shape index (κ3) is 5.85. The molecule has 1 atom stereocenters. The summed E-state index contributed by atoms with van der Waals surface area (Å²) in [6.45, 7) is 2.00. The van der Waals surface area contributed by atoms with Crippen LogP contribution in [0.2, 0.25) is 0 Å².